The molecule has 1 aliphatic rings. The second kappa shape index (κ2) is 5.73. The van der Waals surface area contributed by atoms with Gasteiger partial charge >= 0.3 is 0 Å². The molecule has 1 fully saturated rings. The summed E-state index contributed by atoms with van der Waals surface area (Å²) in [5.74, 6) is 0. The van der Waals surface area contributed by atoms with Gasteiger partial charge in [-0.2, -0.15) is 5.10 Å². The van der Waals surface area contributed by atoms with E-state index in [1.165, 1.54) is 5.69 Å². The van der Waals surface area contributed by atoms with E-state index in [4.69, 9.17) is 5.10 Å². The van der Waals surface area contributed by atoms with Gasteiger partial charge in [0.25, 0.3) is 0 Å². The van der Waals surface area contributed by atoms with Crippen molar-refractivity contribution < 1.29 is 0 Å². The molecule has 0 radical (unpaired) electrons. The van der Waals surface area contributed by atoms with Crippen molar-refractivity contribution in [2.75, 3.05) is 13.1 Å². The first kappa shape index (κ1) is 16.5. The quantitative estimate of drug-likeness (QED) is 0.929. The largest absolute Gasteiger partial charge is 0.310 e. The minimum Gasteiger partial charge on any atom is -0.310 e. The molecule has 1 N–H and O–H groups in total. The third-order valence-electron chi connectivity index (χ3n) is 4.63. The summed E-state index contributed by atoms with van der Waals surface area (Å²) in [5, 5.41) is 8.43. The molecule has 1 aromatic heterocycles. The van der Waals surface area contributed by atoms with Crippen LogP contribution < -0.4 is 5.32 Å². The summed E-state index contributed by atoms with van der Waals surface area (Å²) in [6.45, 7) is 18.9. The van der Waals surface area contributed by atoms with Gasteiger partial charge in [0.05, 0.1) is 5.69 Å². The number of hydrogen-bond acceptors (Lipinski definition) is 3. The van der Waals surface area contributed by atoms with Gasteiger partial charge in [0.15, 0.2) is 0 Å². The maximum absolute atomic E-state index is 4.71. The van der Waals surface area contributed by atoms with Crippen molar-refractivity contribution in [2.24, 2.45) is 5.41 Å². The van der Waals surface area contributed by atoms with Gasteiger partial charge in [0.1, 0.15) is 0 Å². The molecule has 1 aliphatic heterocycles. The number of nitrogens with zero attached hydrogens (tertiary/aromatic N) is 3. The first-order valence-corrected chi connectivity index (χ1v) is 8.12. The highest BCUT2D eigenvalue weighted by Crippen LogP contribution is 2.28. The molecule has 4 heteroatoms. The van der Waals surface area contributed by atoms with E-state index in [0.717, 1.165) is 19.6 Å². The van der Waals surface area contributed by atoms with Crippen molar-refractivity contribution in [3.63, 3.8) is 0 Å². The van der Waals surface area contributed by atoms with Crippen molar-refractivity contribution in [1.82, 2.24) is 20.0 Å². The van der Waals surface area contributed by atoms with Crippen LogP contribution in [0.15, 0.2) is 12.3 Å². The highest BCUT2D eigenvalue weighted by atomic mass is 15.3. The van der Waals surface area contributed by atoms with Gasteiger partial charge in [0.2, 0.25) is 0 Å². The van der Waals surface area contributed by atoms with E-state index in [9.17, 15) is 0 Å². The van der Waals surface area contributed by atoms with Crippen LogP contribution in [0.25, 0.3) is 0 Å². The van der Waals surface area contributed by atoms with Crippen molar-refractivity contribution in [1.29, 1.82) is 0 Å². The molecule has 0 amide bonds. The molecule has 0 spiro atoms. The van der Waals surface area contributed by atoms with E-state index < -0.39 is 0 Å². The Morgan fingerprint density at radius 3 is 2.57 bits per heavy atom. The maximum Gasteiger partial charge on any atom is 0.0765 e. The van der Waals surface area contributed by atoms with E-state index in [1.807, 2.05) is 4.68 Å². The molecule has 0 aliphatic carbocycles. The number of piperazine rings is 1. The van der Waals surface area contributed by atoms with Gasteiger partial charge in [0, 0.05) is 43.5 Å². The first-order valence-electron chi connectivity index (χ1n) is 8.12. The van der Waals surface area contributed by atoms with Gasteiger partial charge in [-0.25, -0.2) is 0 Å². The lowest BCUT2D eigenvalue weighted by Gasteiger charge is -2.49. The zero-order chi connectivity index (χ0) is 15.8. The minimum absolute atomic E-state index is 0.170. The molecule has 2 rings (SSSR count). The third-order valence-corrected chi connectivity index (χ3v) is 4.63. The Kier molecular flexibility index (Phi) is 4.50. The minimum atomic E-state index is 0.170. The smallest absolute Gasteiger partial charge is 0.0765 e. The van der Waals surface area contributed by atoms with Crippen LogP contribution in [0.5, 0.6) is 0 Å². The van der Waals surface area contributed by atoms with E-state index in [2.05, 4.69) is 70.9 Å². The maximum atomic E-state index is 4.71. The average molecular weight is 292 g/mol. The summed E-state index contributed by atoms with van der Waals surface area (Å²) >= 11 is 0. The fourth-order valence-electron chi connectivity index (χ4n) is 2.82. The summed E-state index contributed by atoms with van der Waals surface area (Å²) in [4.78, 5) is 2.58. The second-order valence-corrected chi connectivity index (χ2v) is 8.37. The normalized spacial score (nSPS) is 23.7. The van der Waals surface area contributed by atoms with Gasteiger partial charge in [-0.05, 0) is 39.2 Å². The van der Waals surface area contributed by atoms with Crippen LogP contribution in [0.1, 0.15) is 60.2 Å². The lowest BCUT2D eigenvalue weighted by atomic mass is 9.83. The molecule has 4 nitrogen and oxygen atoms in total. The lowest BCUT2D eigenvalue weighted by molar-refractivity contribution is 0.0285. The zero-order valence-electron chi connectivity index (χ0n) is 14.8. The molecule has 21 heavy (non-hydrogen) atoms. The van der Waals surface area contributed by atoms with Gasteiger partial charge in [-0.15, -0.1) is 0 Å². The Morgan fingerprint density at radius 2 is 2.05 bits per heavy atom. The fourth-order valence-corrected chi connectivity index (χ4v) is 2.82. The number of aromatic nitrogens is 2. The molecule has 120 valence electrons. The predicted molar refractivity (Wildman–Crippen MR) is 88.3 cm³/mol. The Morgan fingerprint density at radius 1 is 1.38 bits per heavy atom. The highest BCUT2D eigenvalue weighted by Gasteiger charge is 2.38. The predicted octanol–water partition coefficient (Wildman–Crippen LogP) is 3.06. The van der Waals surface area contributed by atoms with Crippen LogP contribution in [0.2, 0.25) is 0 Å². The van der Waals surface area contributed by atoms with Crippen molar-refractivity contribution in [3.05, 3.63) is 18.0 Å². The van der Waals surface area contributed by atoms with Crippen LogP contribution in [0.3, 0.4) is 0 Å². The van der Waals surface area contributed by atoms with Crippen LogP contribution in [-0.4, -0.2) is 39.4 Å². The summed E-state index contributed by atoms with van der Waals surface area (Å²) in [6, 6.07) is 3.11. The molecule has 1 saturated heterocycles. The van der Waals surface area contributed by atoms with E-state index in [0.29, 0.717) is 12.1 Å². The van der Waals surface area contributed by atoms with Crippen LogP contribution >= 0.6 is 0 Å². The van der Waals surface area contributed by atoms with E-state index in [-0.39, 0.29) is 11.0 Å². The van der Waals surface area contributed by atoms with Gasteiger partial charge < -0.3 is 5.32 Å². The molecule has 1 aromatic rings. The molecular formula is C17H32N4. The molecule has 1 unspecified atom stereocenters. The molecular weight excluding hydrogens is 260 g/mol. The first-order chi connectivity index (χ1) is 9.59. The van der Waals surface area contributed by atoms with Crippen LogP contribution in [0, 0.1) is 5.41 Å². The molecule has 1 atom stereocenters. The SMILES string of the molecule is CC(C)n1ccc(CN2CC(C(C)(C)C)NCC2(C)C)n1. The molecule has 0 aromatic carbocycles. The lowest BCUT2D eigenvalue weighted by Crippen LogP contribution is -2.64. The summed E-state index contributed by atoms with van der Waals surface area (Å²) < 4.78 is 2.05. The van der Waals surface area contributed by atoms with Gasteiger partial charge in [-0.3, -0.25) is 9.58 Å². The monoisotopic (exact) mass is 292 g/mol. The summed E-state index contributed by atoms with van der Waals surface area (Å²) in [6.07, 6.45) is 2.09. The summed E-state index contributed by atoms with van der Waals surface area (Å²) in [7, 11) is 0. The average Bonchev–Trinajstić information content (AvgIpc) is 2.79. The molecule has 0 bridgehead atoms. The van der Waals surface area contributed by atoms with Crippen molar-refractivity contribution in [2.45, 2.75) is 72.6 Å². The number of hydrogen-bond donors (Lipinski definition) is 1. The number of rotatable bonds is 3. The van der Waals surface area contributed by atoms with Gasteiger partial charge in [-0.1, -0.05) is 20.8 Å². The Bertz CT molecular complexity index is 467. The summed E-state index contributed by atoms with van der Waals surface area (Å²) in [5.41, 5.74) is 1.63. The number of nitrogens with one attached hydrogen (secondary N) is 1. The van der Waals surface area contributed by atoms with Crippen molar-refractivity contribution in [3.8, 4) is 0 Å². The third kappa shape index (κ3) is 3.86. The topological polar surface area (TPSA) is 33.1 Å². The van der Waals surface area contributed by atoms with Crippen LogP contribution in [0.4, 0.5) is 0 Å². The Balaban J connectivity index is 2.10. The van der Waals surface area contributed by atoms with E-state index >= 15 is 0 Å². The standard InChI is InChI=1S/C17H32N4/c1-13(2)21-9-8-14(19-21)10-20-11-15(16(3,4)5)18-12-17(20,6)7/h8-9,13,15,18H,10-12H2,1-7H3. The fraction of sp³-hybridized carbons (Fsp3) is 0.824. The second-order valence-electron chi connectivity index (χ2n) is 8.37. The molecule has 2 heterocycles. The van der Waals surface area contributed by atoms with Crippen LogP contribution in [-0.2, 0) is 6.54 Å². The molecule has 0 saturated carbocycles. The Hall–Kier alpha value is -0.870. The Labute approximate surface area is 129 Å². The zero-order valence-corrected chi connectivity index (χ0v) is 14.8. The van der Waals surface area contributed by atoms with Crippen molar-refractivity contribution >= 4 is 0 Å². The van der Waals surface area contributed by atoms with E-state index in [1.54, 1.807) is 0 Å². The highest BCUT2D eigenvalue weighted by molar-refractivity contribution is 5.04.